The first-order chi connectivity index (χ1) is 16.1. The summed E-state index contributed by atoms with van der Waals surface area (Å²) in [4.78, 5) is 13.4. The molecule has 0 aromatic heterocycles. The third-order valence-electron chi connectivity index (χ3n) is 6.38. The maximum Gasteiger partial charge on any atom is 0.314 e. The van der Waals surface area contributed by atoms with Crippen LogP contribution in [-0.2, 0) is 9.53 Å². The van der Waals surface area contributed by atoms with Gasteiger partial charge in [0.25, 0.3) is 0 Å². The molecule has 0 radical (unpaired) electrons. The molecule has 0 heterocycles. The largest absolute Gasteiger partial charge is 0.452 e. The van der Waals surface area contributed by atoms with Crippen LogP contribution < -0.4 is 0 Å². The number of carbonyl (C=O) groups excluding carboxylic acids is 1. The van der Waals surface area contributed by atoms with Gasteiger partial charge in [0.15, 0.2) is 6.10 Å². The van der Waals surface area contributed by atoms with Crippen LogP contribution in [0.3, 0.4) is 0 Å². The summed E-state index contributed by atoms with van der Waals surface area (Å²) in [7, 11) is 0. The van der Waals surface area contributed by atoms with Gasteiger partial charge in [0.05, 0.1) is 5.92 Å². The minimum Gasteiger partial charge on any atom is -0.452 e. The average molecular weight is 431 g/mol. The van der Waals surface area contributed by atoms with Crippen LogP contribution in [0.1, 0.15) is 41.2 Å². The zero-order chi connectivity index (χ0) is 22.8. The summed E-state index contributed by atoms with van der Waals surface area (Å²) in [5, 5.41) is 4.44. The molecule has 0 saturated heterocycles. The fourth-order valence-corrected chi connectivity index (χ4v) is 4.46. The van der Waals surface area contributed by atoms with E-state index in [1.165, 1.54) is 5.56 Å². The first-order valence-electron chi connectivity index (χ1n) is 11.3. The number of benzene rings is 5. The summed E-state index contributed by atoms with van der Waals surface area (Å²) in [6.07, 6.45) is -0.511. The van der Waals surface area contributed by atoms with Crippen LogP contribution in [0.2, 0.25) is 0 Å². The van der Waals surface area contributed by atoms with Crippen molar-refractivity contribution in [2.45, 2.75) is 25.9 Å². The maximum atomic E-state index is 13.4. The van der Waals surface area contributed by atoms with E-state index in [0.29, 0.717) is 0 Å². The second kappa shape index (κ2) is 8.91. The molecule has 1 atom stereocenters. The number of ether oxygens (including phenoxy) is 1. The highest BCUT2D eigenvalue weighted by Gasteiger charge is 2.26. The Morgan fingerprint density at radius 3 is 1.67 bits per heavy atom. The molecule has 0 spiro atoms. The van der Waals surface area contributed by atoms with Gasteiger partial charge in [-0.15, -0.1) is 0 Å². The molecule has 0 unspecified atom stereocenters. The number of aryl methyl sites for hydroxylation is 1. The molecule has 0 N–H and O–H groups in total. The number of esters is 1. The molecule has 0 saturated carbocycles. The molecule has 5 aromatic carbocycles. The van der Waals surface area contributed by atoms with E-state index in [1.807, 2.05) is 74.5 Å². The minimum absolute atomic E-state index is 0.232. The quantitative estimate of drug-likeness (QED) is 0.267. The molecule has 0 amide bonds. The molecule has 162 valence electrons. The number of rotatable bonds is 5. The van der Waals surface area contributed by atoms with Gasteiger partial charge in [0.2, 0.25) is 0 Å². The third kappa shape index (κ3) is 4.12. The molecule has 5 aromatic rings. The summed E-state index contributed by atoms with van der Waals surface area (Å²) >= 11 is 0. The van der Waals surface area contributed by atoms with Crippen LogP contribution in [-0.4, -0.2) is 5.97 Å². The summed E-state index contributed by atoms with van der Waals surface area (Å²) in [5.41, 5.74) is 4.12. The average Bonchev–Trinajstić information content (AvgIpc) is 2.86. The summed E-state index contributed by atoms with van der Waals surface area (Å²) in [5.74, 6) is -0.595. The van der Waals surface area contributed by atoms with E-state index in [-0.39, 0.29) is 11.9 Å². The molecule has 0 aliphatic carbocycles. The van der Waals surface area contributed by atoms with Crippen molar-refractivity contribution in [1.82, 2.24) is 0 Å². The van der Waals surface area contributed by atoms with Gasteiger partial charge in [-0.2, -0.15) is 0 Å². The van der Waals surface area contributed by atoms with Gasteiger partial charge in [-0.1, -0.05) is 115 Å². The molecular formula is C31H26O2. The zero-order valence-electron chi connectivity index (χ0n) is 18.9. The van der Waals surface area contributed by atoms with Crippen molar-refractivity contribution in [1.29, 1.82) is 0 Å². The van der Waals surface area contributed by atoms with E-state index in [1.54, 1.807) is 0 Å². The van der Waals surface area contributed by atoms with E-state index in [4.69, 9.17) is 4.74 Å². The van der Waals surface area contributed by atoms with Crippen molar-refractivity contribution in [3.8, 4) is 0 Å². The third-order valence-corrected chi connectivity index (χ3v) is 6.38. The van der Waals surface area contributed by atoms with Gasteiger partial charge in [-0.3, -0.25) is 4.79 Å². The van der Waals surface area contributed by atoms with E-state index in [9.17, 15) is 4.79 Å². The Morgan fingerprint density at radius 1 is 0.636 bits per heavy atom. The Kier molecular flexibility index (Phi) is 5.66. The maximum absolute atomic E-state index is 13.4. The molecule has 0 aliphatic heterocycles. The highest BCUT2D eigenvalue weighted by molar-refractivity contribution is 5.90. The highest BCUT2D eigenvalue weighted by Crippen LogP contribution is 2.36. The monoisotopic (exact) mass is 430 g/mol. The van der Waals surface area contributed by atoms with Gasteiger partial charge >= 0.3 is 5.97 Å². The lowest BCUT2D eigenvalue weighted by atomic mass is 9.92. The molecular weight excluding hydrogens is 404 g/mol. The van der Waals surface area contributed by atoms with Crippen molar-refractivity contribution >= 4 is 27.5 Å². The predicted octanol–water partition coefficient (Wildman–Crippen LogP) is 7.74. The first kappa shape index (κ1) is 21.0. The molecule has 2 nitrogen and oxygen atoms in total. The second-order valence-electron chi connectivity index (χ2n) is 8.59. The van der Waals surface area contributed by atoms with Gasteiger partial charge in [0, 0.05) is 11.1 Å². The number of fused-ring (bicyclic) bond motifs is 2. The molecule has 0 bridgehead atoms. The molecule has 0 fully saturated rings. The number of hydrogen-bond acceptors (Lipinski definition) is 2. The fraction of sp³-hybridized carbons (Fsp3) is 0.129. The van der Waals surface area contributed by atoms with Crippen molar-refractivity contribution in [2.75, 3.05) is 0 Å². The normalized spacial score (nSPS) is 12.2. The second-order valence-corrected chi connectivity index (χ2v) is 8.59. The smallest absolute Gasteiger partial charge is 0.314 e. The van der Waals surface area contributed by atoms with Crippen LogP contribution in [0.5, 0.6) is 0 Å². The number of carbonyl (C=O) groups is 1. The Bertz CT molecular complexity index is 1340. The first-order valence-corrected chi connectivity index (χ1v) is 11.3. The number of hydrogen-bond donors (Lipinski definition) is 0. The van der Waals surface area contributed by atoms with Crippen molar-refractivity contribution in [2.24, 2.45) is 0 Å². The van der Waals surface area contributed by atoms with Gasteiger partial charge < -0.3 is 4.74 Å². The van der Waals surface area contributed by atoms with E-state index in [2.05, 4.69) is 48.5 Å². The molecule has 33 heavy (non-hydrogen) atoms. The predicted molar refractivity (Wildman–Crippen MR) is 135 cm³/mol. The van der Waals surface area contributed by atoms with Crippen LogP contribution in [0.15, 0.2) is 109 Å². The SMILES string of the molecule is Cc1ccc([C@H](C)C(=O)OC(c2cccc3ccccc23)c2cccc3ccccc23)cc1. The van der Waals surface area contributed by atoms with Crippen molar-refractivity contribution in [3.05, 3.63) is 131 Å². The van der Waals surface area contributed by atoms with Crippen molar-refractivity contribution in [3.63, 3.8) is 0 Å². The summed E-state index contributed by atoms with van der Waals surface area (Å²) in [6, 6.07) is 37.0. The molecule has 5 rings (SSSR count). The Labute approximate surface area is 194 Å². The minimum atomic E-state index is -0.511. The Balaban J connectivity index is 1.63. The van der Waals surface area contributed by atoms with Gasteiger partial charge in [-0.05, 0) is 41.0 Å². The Morgan fingerprint density at radius 2 is 1.12 bits per heavy atom. The molecule has 2 heteroatoms. The Hall–Kier alpha value is -3.91. The fourth-order valence-electron chi connectivity index (χ4n) is 4.46. The van der Waals surface area contributed by atoms with Gasteiger partial charge in [0.1, 0.15) is 0 Å². The lowest BCUT2D eigenvalue weighted by Gasteiger charge is -2.24. The van der Waals surface area contributed by atoms with Crippen LogP contribution >= 0.6 is 0 Å². The summed E-state index contributed by atoms with van der Waals surface area (Å²) < 4.78 is 6.35. The van der Waals surface area contributed by atoms with Gasteiger partial charge in [-0.25, -0.2) is 0 Å². The zero-order valence-corrected chi connectivity index (χ0v) is 18.9. The lowest BCUT2D eigenvalue weighted by Crippen LogP contribution is -2.18. The van der Waals surface area contributed by atoms with Crippen molar-refractivity contribution < 1.29 is 9.53 Å². The van der Waals surface area contributed by atoms with E-state index in [0.717, 1.165) is 38.2 Å². The molecule has 0 aliphatic rings. The standard InChI is InChI=1S/C31H26O2/c1-21-17-19-23(20-18-21)22(2)31(32)33-30(28-15-7-11-24-9-3-5-13-26(24)28)29-16-8-12-25-10-4-6-14-27(25)29/h3-20,22,30H,1-2H3/t22-/m0/s1. The topological polar surface area (TPSA) is 26.3 Å². The van der Waals surface area contributed by atoms with E-state index >= 15 is 0 Å². The van der Waals surface area contributed by atoms with Crippen LogP contribution in [0, 0.1) is 6.92 Å². The van der Waals surface area contributed by atoms with Crippen LogP contribution in [0.25, 0.3) is 21.5 Å². The summed E-state index contributed by atoms with van der Waals surface area (Å²) in [6.45, 7) is 3.96. The van der Waals surface area contributed by atoms with Crippen LogP contribution in [0.4, 0.5) is 0 Å². The lowest BCUT2D eigenvalue weighted by molar-refractivity contribution is -0.148. The highest BCUT2D eigenvalue weighted by atomic mass is 16.5. The van der Waals surface area contributed by atoms with E-state index < -0.39 is 6.10 Å².